The number of rotatable bonds is 2. The molecule has 13 heavy (non-hydrogen) atoms. The van der Waals surface area contributed by atoms with E-state index in [2.05, 4.69) is 0 Å². The van der Waals surface area contributed by atoms with Crippen LogP contribution in [0.5, 0.6) is 11.5 Å². The van der Waals surface area contributed by atoms with Gasteiger partial charge in [0.15, 0.2) is 0 Å². The molecule has 3 heteroatoms. The zero-order chi connectivity index (χ0) is 9.14. The van der Waals surface area contributed by atoms with Crippen molar-refractivity contribution in [2.24, 2.45) is 0 Å². The molecule has 1 atom stereocenters. The average molecular weight is 190 g/mol. The summed E-state index contributed by atoms with van der Waals surface area (Å²) >= 11 is 0. The molecule has 0 aliphatic rings. The molecule has 0 saturated carbocycles. The SMILES string of the molecule is CCC(C)c1cc(O)ccc1O.[H-].[Na+]. The van der Waals surface area contributed by atoms with Crippen molar-refractivity contribution in [1.29, 1.82) is 0 Å². The first-order valence-electron chi connectivity index (χ1n) is 4.17. The summed E-state index contributed by atoms with van der Waals surface area (Å²) in [5.74, 6) is 0.766. The molecule has 1 unspecified atom stereocenters. The standard InChI is InChI=1S/C10H14O2.Na.H/c1-3-7(2)9-6-8(11)4-5-10(9)12;;/h4-7,11-12H,3H2,1-2H3;;/q;+1;-1. The van der Waals surface area contributed by atoms with E-state index >= 15 is 0 Å². The Morgan fingerprint density at radius 2 is 2.00 bits per heavy atom. The van der Waals surface area contributed by atoms with Gasteiger partial charge in [-0.3, -0.25) is 0 Å². The fraction of sp³-hybridized carbons (Fsp3) is 0.400. The Hall–Kier alpha value is -0.180. The Balaban J connectivity index is 0. The quantitative estimate of drug-likeness (QED) is 0.498. The van der Waals surface area contributed by atoms with Crippen molar-refractivity contribution in [3.05, 3.63) is 23.8 Å². The van der Waals surface area contributed by atoms with Crippen LogP contribution in [0, 0.1) is 0 Å². The summed E-state index contributed by atoms with van der Waals surface area (Å²) in [4.78, 5) is 0. The summed E-state index contributed by atoms with van der Waals surface area (Å²) < 4.78 is 0. The maximum absolute atomic E-state index is 9.43. The van der Waals surface area contributed by atoms with Gasteiger partial charge in [-0.25, -0.2) is 0 Å². The fourth-order valence-electron chi connectivity index (χ4n) is 1.16. The van der Waals surface area contributed by atoms with E-state index in [1.165, 1.54) is 12.1 Å². The van der Waals surface area contributed by atoms with Gasteiger partial charge in [-0.15, -0.1) is 0 Å². The van der Waals surface area contributed by atoms with E-state index in [-0.39, 0.29) is 48.4 Å². The summed E-state index contributed by atoms with van der Waals surface area (Å²) in [5.41, 5.74) is 0.817. The van der Waals surface area contributed by atoms with Gasteiger partial charge in [-0.2, -0.15) is 0 Å². The molecule has 0 fully saturated rings. The summed E-state index contributed by atoms with van der Waals surface area (Å²) in [5, 5.41) is 18.6. The molecule has 0 aliphatic heterocycles. The van der Waals surface area contributed by atoms with E-state index in [4.69, 9.17) is 0 Å². The first-order valence-corrected chi connectivity index (χ1v) is 4.17. The van der Waals surface area contributed by atoms with Crippen LogP contribution in [-0.2, 0) is 0 Å². The Labute approximate surface area is 102 Å². The number of aromatic hydroxyl groups is 2. The summed E-state index contributed by atoms with van der Waals surface area (Å²) in [7, 11) is 0. The number of hydrogen-bond donors (Lipinski definition) is 2. The molecule has 1 aromatic rings. The first-order chi connectivity index (χ1) is 5.65. The Bertz CT molecular complexity index is 279. The van der Waals surface area contributed by atoms with Crippen molar-refractivity contribution in [3.8, 4) is 11.5 Å². The van der Waals surface area contributed by atoms with E-state index in [1.807, 2.05) is 13.8 Å². The van der Waals surface area contributed by atoms with E-state index in [9.17, 15) is 10.2 Å². The second-order valence-electron chi connectivity index (χ2n) is 3.05. The van der Waals surface area contributed by atoms with Gasteiger partial charge in [-0.1, -0.05) is 13.8 Å². The molecule has 2 N–H and O–H groups in total. The van der Waals surface area contributed by atoms with Gasteiger partial charge in [0, 0.05) is 5.56 Å². The average Bonchev–Trinajstić information content (AvgIpc) is 2.08. The number of hydrogen-bond acceptors (Lipinski definition) is 2. The van der Waals surface area contributed by atoms with Crippen LogP contribution in [0.4, 0.5) is 0 Å². The van der Waals surface area contributed by atoms with Gasteiger partial charge in [0.2, 0.25) is 0 Å². The zero-order valence-corrected chi connectivity index (χ0v) is 10.4. The molecule has 0 bridgehead atoms. The molecule has 0 heterocycles. The molecule has 0 aliphatic carbocycles. The fourth-order valence-corrected chi connectivity index (χ4v) is 1.16. The number of benzene rings is 1. The monoisotopic (exact) mass is 190 g/mol. The van der Waals surface area contributed by atoms with E-state index < -0.39 is 0 Å². The van der Waals surface area contributed by atoms with Crippen LogP contribution in [0.3, 0.4) is 0 Å². The molecular formula is C10H15NaO2. The third-order valence-corrected chi connectivity index (χ3v) is 2.15. The van der Waals surface area contributed by atoms with Crippen LogP contribution in [0.1, 0.15) is 33.2 Å². The first kappa shape index (κ1) is 12.8. The molecule has 0 spiro atoms. The molecule has 2 nitrogen and oxygen atoms in total. The molecular weight excluding hydrogens is 175 g/mol. The van der Waals surface area contributed by atoms with E-state index in [0.29, 0.717) is 0 Å². The molecule has 1 aromatic carbocycles. The predicted octanol–water partition coefficient (Wildman–Crippen LogP) is -0.272. The van der Waals surface area contributed by atoms with Crippen molar-refractivity contribution in [2.75, 3.05) is 0 Å². The molecule has 0 saturated heterocycles. The van der Waals surface area contributed by atoms with Crippen molar-refractivity contribution in [3.63, 3.8) is 0 Å². The normalized spacial score (nSPS) is 11.8. The maximum atomic E-state index is 9.43. The Kier molecular flexibility index (Phi) is 5.45. The Morgan fingerprint density at radius 3 is 2.54 bits per heavy atom. The number of phenols is 2. The summed E-state index contributed by atoms with van der Waals surface area (Å²) in [6, 6.07) is 4.63. The predicted molar refractivity (Wildman–Crippen MR) is 49.6 cm³/mol. The maximum Gasteiger partial charge on any atom is 1.00 e. The van der Waals surface area contributed by atoms with Crippen molar-refractivity contribution >= 4 is 0 Å². The molecule has 1 rings (SSSR count). The van der Waals surface area contributed by atoms with Crippen molar-refractivity contribution in [2.45, 2.75) is 26.2 Å². The molecule has 0 radical (unpaired) electrons. The minimum Gasteiger partial charge on any atom is -1.00 e. The van der Waals surface area contributed by atoms with E-state index in [0.717, 1.165) is 12.0 Å². The third-order valence-electron chi connectivity index (χ3n) is 2.15. The van der Waals surface area contributed by atoms with Gasteiger partial charge < -0.3 is 11.6 Å². The van der Waals surface area contributed by atoms with Crippen LogP contribution in [0.15, 0.2) is 18.2 Å². The van der Waals surface area contributed by atoms with E-state index in [1.54, 1.807) is 6.07 Å². The zero-order valence-electron chi connectivity index (χ0n) is 9.41. The Morgan fingerprint density at radius 1 is 1.38 bits per heavy atom. The molecule has 68 valence electrons. The van der Waals surface area contributed by atoms with Crippen molar-refractivity contribution < 1.29 is 41.2 Å². The van der Waals surface area contributed by atoms with Gasteiger partial charge in [-0.05, 0) is 30.5 Å². The van der Waals surface area contributed by atoms with Crippen LogP contribution in [0.2, 0.25) is 0 Å². The largest absolute Gasteiger partial charge is 1.00 e. The molecule has 0 amide bonds. The number of phenolic OH excluding ortho intramolecular Hbond substituents is 2. The summed E-state index contributed by atoms with van der Waals surface area (Å²) in [6.45, 7) is 4.07. The smallest absolute Gasteiger partial charge is 1.00 e. The van der Waals surface area contributed by atoms with Crippen LogP contribution < -0.4 is 29.6 Å². The van der Waals surface area contributed by atoms with Crippen LogP contribution in [-0.4, -0.2) is 10.2 Å². The minimum atomic E-state index is 0. The molecule has 0 aromatic heterocycles. The minimum absolute atomic E-state index is 0. The van der Waals surface area contributed by atoms with Crippen LogP contribution >= 0.6 is 0 Å². The van der Waals surface area contributed by atoms with Gasteiger partial charge in [0.25, 0.3) is 0 Å². The van der Waals surface area contributed by atoms with Gasteiger partial charge in [0.1, 0.15) is 11.5 Å². The van der Waals surface area contributed by atoms with Crippen molar-refractivity contribution in [1.82, 2.24) is 0 Å². The van der Waals surface area contributed by atoms with Gasteiger partial charge in [0.05, 0.1) is 0 Å². The summed E-state index contributed by atoms with van der Waals surface area (Å²) in [6.07, 6.45) is 0.955. The second-order valence-corrected chi connectivity index (χ2v) is 3.05. The van der Waals surface area contributed by atoms with Crippen LogP contribution in [0.25, 0.3) is 0 Å². The van der Waals surface area contributed by atoms with Gasteiger partial charge >= 0.3 is 29.6 Å². The third kappa shape index (κ3) is 3.22. The second kappa shape index (κ2) is 5.53. The topological polar surface area (TPSA) is 40.5 Å².